The molecule has 0 saturated heterocycles. The van der Waals surface area contributed by atoms with E-state index in [1.165, 1.54) is 32.8 Å². The Balaban J connectivity index is 1.64. The number of nitrogens with one attached hydrogen (secondary N) is 1. The first kappa shape index (κ1) is 19.6. The van der Waals surface area contributed by atoms with Gasteiger partial charge in [-0.25, -0.2) is 4.39 Å². The maximum absolute atomic E-state index is 12.9. The van der Waals surface area contributed by atoms with Gasteiger partial charge in [0.05, 0.1) is 5.41 Å². The SMILES string of the molecule is CC(C)(C(=O)Nc1nc(=S)ss1)c1ccc(OCc2ccc(F)cc2)cc1. The highest BCUT2D eigenvalue weighted by molar-refractivity contribution is 7.79. The molecule has 0 aliphatic rings. The maximum Gasteiger partial charge on any atom is 0.236 e. The van der Waals surface area contributed by atoms with E-state index in [0.717, 1.165) is 11.1 Å². The summed E-state index contributed by atoms with van der Waals surface area (Å²) in [7, 11) is 2.70. The van der Waals surface area contributed by atoms with E-state index in [9.17, 15) is 9.18 Å². The van der Waals surface area contributed by atoms with Crippen LogP contribution >= 0.6 is 32.9 Å². The van der Waals surface area contributed by atoms with Crippen LogP contribution in [0.2, 0.25) is 0 Å². The highest BCUT2D eigenvalue weighted by atomic mass is 32.9. The number of ether oxygens (including phenoxy) is 1. The lowest BCUT2D eigenvalue weighted by Crippen LogP contribution is -2.34. The second kappa shape index (κ2) is 8.24. The molecule has 0 fully saturated rings. The number of benzene rings is 2. The molecule has 0 unspecified atom stereocenters. The Morgan fingerprint density at radius 3 is 2.41 bits per heavy atom. The molecule has 3 aromatic rings. The van der Waals surface area contributed by atoms with Crippen LogP contribution in [0.4, 0.5) is 9.52 Å². The molecular weight excluding hydrogens is 403 g/mol. The molecule has 0 saturated carbocycles. The molecule has 2 aromatic carbocycles. The molecule has 0 radical (unpaired) electrons. The Hall–Kier alpha value is -2.16. The fraction of sp³-hybridized carbons (Fsp3) is 0.211. The van der Waals surface area contributed by atoms with Crippen molar-refractivity contribution in [3.63, 3.8) is 0 Å². The number of amides is 1. The number of anilines is 1. The van der Waals surface area contributed by atoms with Crippen molar-refractivity contribution in [2.24, 2.45) is 0 Å². The van der Waals surface area contributed by atoms with Gasteiger partial charge in [0, 0.05) is 0 Å². The standard InChI is InChI=1S/C19H17FN2O2S3/c1-19(2,16(23)21-17-22-18(25)27-26-17)13-5-9-15(10-6-13)24-11-12-3-7-14(20)8-4-12/h3-10H,11H2,1-2H3,(H,21,22,23,25). The molecular formula is C19H17FN2O2S3. The maximum atomic E-state index is 12.9. The van der Waals surface area contributed by atoms with Gasteiger partial charge in [-0.05, 0) is 82.1 Å². The van der Waals surface area contributed by atoms with Gasteiger partial charge in [0.25, 0.3) is 0 Å². The molecule has 0 atom stereocenters. The Bertz CT molecular complexity index is 979. The Morgan fingerprint density at radius 1 is 1.15 bits per heavy atom. The van der Waals surface area contributed by atoms with E-state index in [-0.39, 0.29) is 11.7 Å². The topological polar surface area (TPSA) is 51.2 Å². The zero-order valence-corrected chi connectivity index (χ0v) is 17.1. The second-order valence-electron chi connectivity index (χ2n) is 6.37. The monoisotopic (exact) mass is 420 g/mol. The fourth-order valence-electron chi connectivity index (χ4n) is 2.34. The van der Waals surface area contributed by atoms with Crippen LogP contribution < -0.4 is 10.1 Å². The minimum Gasteiger partial charge on any atom is -0.489 e. The Labute approximate surface area is 169 Å². The number of carbonyl (C=O) groups is 1. The van der Waals surface area contributed by atoms with Gasteiger partial charge >= 0.3 is 0 Å². The van der Waals surface area contributed by atoms with Crippen molar-refractivity contribution in [3.8, 4) is 5.75 Å². The molecule has 1 amide bonds. The largest absolute Gasteiger partial charge is 0.489 e. The lowest BCUT2D eigenvalue weighted by Gasteiger charge is -2.23. The van der Waals surface area contributed by atoms with Gasteiger partial charge in [0.2, 0.25) is 11.0 Å². The van der Waals surface area contributed by atoms with Gasteiger partial charge in [0.15, 0.2) is 3.95 Å². The highest BCUT2D eigenvalue weighted by Crippen LogP contribution is 2.28. The fourth-order valence-corrected chi connectivity index (χ4v) is 4.20. The summed E-state index contributed by atoms with van der Waals surface area (Å²) in [4.78, 5) is 16.7. The minimum absolute atomic E-state index is 0.154. The molecule has 4 nitrogen and oxygen atoms in total. The van der Waals surface area contributed by atoms with Crippen molar-refractivity contribution in [1.29, 1.82) is 0 Å². The third kappa shape index (κ3) is 4.97. The van der Waals surface area contributed by atoms with Crippen LogP contribution in [0, 0.1) is 9.77 Å². The Morgan fingerprint density at radius 2 is 1.81 bits per heavy atom. The third-order valence-electron chi connectivity index (χ3n) is 4.07. The van der Waals surface area contributed by atoms with Gasteiger partial charge in [0.1, 0.15) is 18.2 Å². The number of hydrogen-bond acceptors (Lipinski definition) is 6. The summed E-state index contributed by atoms with van der Waals surface area (Å²) in [5, 5.41) is 3.33. The molecule has 3 rings (SSSR count). The first-order chi connectivity index (χ1) is 12.8. The van der Waals surface area contributed by atoms with E-state index >= 15 is 0 Å². The van der Waals surface area contributed by atoms with Crippen molar-refractivity contribution >= 4 is 43.9 Å². The lowest BCUT2D eigenvalue weighted by molar-refractivity contribution is -0.120. The molecule has 27 heavy (non-hydrogen) atoms. The zero-order valence-electron chi connectivity index (χ0n) is 14.7. The van der Waals surface area contributed by atoms with E-state index in [0.29, 0.717) is 21.4 Å². The van der Waals surface area contributed by atoms with Crippen LogP contribution in [-0.2, 0) is 16.8 Å². The van der Waals surface area contributed by atoms with Crippen LogP contribution in [0.3, 0.4) is 0 Å². The van der Waals surface area contributed by atoms with E-state index in [1.807, 2.05) is 38.1 Å². The predicted molar refractivity (Wildman–Crippen MR) is 110 cm³/mol. The highest BCUT2D eigenvalue weighted by Gasteiger charge is 2.30. The van der Waals surface area contributed by atoms with Crippen molar-refractivity contribution in [1.82, 2.24) is 4.98 Å². The molecule has 0 spiro atoms. The molecule has 1 heterocycles. The molecule has 8 heteroatoms. The normalized spacial score (nSPS) is 11.2. The average molecular weight is 421 g/mol. The number of nitrogens with zero attached hydrogens (tertiary/aromatic N) is 1. The summed E-state index contributed by atoms with van der Waals surface area (Å²) >= 11 is 4.99. The van der Waals surface area contributed by atoms with Crippen molar-refractivity contribution in [2.75, 3.05) is 5.32 Å². The number of halogens is 1. The van der Waals surface area contributed by atoms with E-state index < -0.39 is 5.41 Å². The van der Waals surface area contributed by atoms with Crippen molar-refractivity contribution in [3.05, 3.63) is 69.4 Å². The van der Waals surface area contributed by atoms with Crippen LogP contribution in [0.25, 0.3) is 0 Å². The Kier molecular flexibility index (Phi) is 5.98. The number of hydrogen-bond donors (Lipinski definition) is 1. The van der Waals surface area contributed by atoms with Crippen LogP contribution in [-0.4, -0.2) is 10.9 Å². The lowest BCUT2D eigenvalue weighted by atomic mass is 9.84. The summed E-state index contributed by atoms with van der Waals surface area (Å²) < 4.78 is 19.2. The van der Waals surface area contributed by atoms with Crippen LogP contribution in [0.1, 0.15) is 25.0 Å². The second-order valence-corrected chi connectivity index (χ2v) is 9.12. The summed E-state index contributed by atoms with van der Waals surface area (Å²) in [5.41, 5.74) is 0.992. The van der Waals surface area contributed by atoms with Gasteiger partial charge in [-0.1, -0.05) is 24.3 Å². The number of rotatable bonds is 6. The third-order valence-corrected chi connectivity index (χ3v) is 6.59. The molecule has 1 aromatic heterocycles. The minimum atomic E-state index is -0.743. The van der Waals surface area contributed by atoms with Crippen molar-refractivity contribution < 1.29 is 13.9 Å². The van der Waals surface area contributed by atoms with E-state index in [2.05, 4.69) is 10.3 Å². The summed E-state index contributed by atoms with van der Waals surface area (Å²) in [6.07, 6.45) is 0. The van der Waals surface area contributed by atoms with E-state index in [1.54, 1.807) is 12.1 Å². The molecule has 0 aliphatic carbocycles. The van der Waals surface area contributed by atoms with Crippen molar-refractivity contribution in [2.45, 2.75) is 25.9 Å². The predicted octanol–water partition coefficient (Wildman–Crippen LogP) is 5.57. The van der Waals surface area contributed by atoms with Gasteiger partial charge in [-0.15, -0.1) is 0 Å². The van der Waals surface area contributed by atoms with Crippen LogP contribution in [0.5, 0.6) is 5.75 Å². The smallest absolute Gasteiger partial charge is 0.236 e. The average Bonchev–Trinajstić information content (AvgIpc) is 3.06. The molecule has 140 valence electrons. The summed E-state index contributed by atoms with van der Waals surface area (Å²) in [6, 6.07) is 13.5. The first-order valence-electron chi connectivity index (χ1n) is 8.11. The van der Waals surface area contributed by atoms with Gasteiger partial charge in [-0.2, -0.15) is 4.98 Å². The summed E-state index contributed by atoms with van der Waals surface area (Å²) in [6.45, 7) is 4.04. The molecule has 0 bridgehead atoms. The first-order valence-corrected chi connectivity index (χ1v) is 10.7. The number of carbonyl (C=O) groups excluding carboxylic acids is 1. The molecule has 1 N–H and O–H groups in total. The quantitative estimate of drug-likeness (QED) is 0.418. The van der Waals surface area contributed by atoms with Crippen LogP contribution in [0.15, 0.2) is 48.5 Å². The molecule has 0 aliphatic heterocycles. The number of aromatic nitrogens is 1. The van der Waals surface area contributed by atoms with Gasteiger partial charge < -0.3 is 10.1 Å². The zero-order chi connectivity index (χ0) is 19.4. The van der Waals surface area contributed by atoms with Gasteiger partial charge in [-0.3, -0.25) is 4.79 Å². The van der Waals surface area contributed by atoms with E-state index in [4.69, 9.17) is 17.0 Å². The summed E-state index contributed by atoms with van der Waals surface area (Å²) in [5.74, 6) is 0.252.